The van der Waals surface area contributed by atoms with Crippen LogP contribution < -0.4 is 20.2 Å². The minimum absolute atomic E-state index is 0.111. The van der Waals surface area contributed by atoms with Crippen LogP contribution in [0.25, 0.3) is 0 Å². The van der Waals surface area contributed by atoms with Crippen LogP contribution in [0, 0.1) is 20.2 Å². The van der Waals surface area contributed by atoms with E-state index in [1.165, 1.54) is 24.4 Å². The number of rotatable bonds is 10. The highest BCUT2D eigenvalue weighted by atomic mass is 16.6. The molecule has 13 nitrogen and oxygen atoms in total. The lowest BCUT2D eigenvalue weighted by Crippen LogP contribution is -2.37. The minimum atomic E-state index is -0.956. The van der Waals surface area contributed by atoms with Crippen molar-refractivity contribution in [1.82, 2.24) is 10.7 Å². The first-order valence-corrected chi connectivity index (χ1v) is 10.8. The van der Waals surface area contributed by atoms with E-state index in [0.717, 1.165) is 23.8 Å². The molecule has 0 spiro atoms. The maximum atomic E-state index is 12.0. The van der Waals surface area contributed by atoms with Gasteiger partial charge in [-0.05, 0) is 42.3 Å². The topological polar surface area (TPSA) is 175 Å². The molecule has 2 amide bonds. The Kier molecular flexibility index (Phi) is 8.80. The summed E-state index contributed by atoms with van der Waals surface area (Å²) in [5.74, 6) is -1.72. The Bertz CT molecular complexity index is 1340. The number of benzene rings is 3. The predicted octanol–water partition coefficient (Wildman–Crippen LogP) is 3.46. The number of hydrazone groups is 1. The summed E-state index contributed by atoms with van der Waals surface area (Å²) in [5, 5.41) is 28.6. The summed E-state index contributed by atoms with van der Waals surface area (Å²) in [4.78, 5) is 44.7. The van der Waals surface area contributed by atoms with Crippen LogP contribution in [0.4, 0.5) is 11.4 Å². The van der Waals surface area contributed by atoms with Gasteiger partial charge >= 0.3 is 17.5 Å². The minimum Gasteiger partial charge on any atom is -0.490 e. The molecule has 0 aliphatic heterocycles. The molecule has 0 unspecified atom stereocenters. The van der Waals surface area contributed by atoms with E-state index in [1.807, 2.05) is 18.2 Å². The highest BCUT2D eigenvalue weighted by Crippen LogP contribution is 2.38. The zero-order valence-corrected chi connectivity index (χ0v) is 19.5. The highest BCUT2D eigenvalue weighted by molar-refractivity contribution is 6.35. The molecular weight excluding hydrogens is 486 g/mol. The Hall–Kier alpha value is -5.33. The summed E-state index contributed by atoms with van der Waals surface area (Å²) in [6.45, 7) is 2.13. The zero-order valence-electron chi connectivity index (χ0n) is 19.5. The van der Waals surface area contributed by atoms with Crippen molar-refractivity contribution < 1.29 is 28.9 Å². The van der Waals surface area contributed by atoms with Crippen LogP contribution in [0.1, 0.15) is 18.1 Å². The fourth-order valence-electron chi connectivity index (χ4n) is 3.00. The van der Waals surface area contributed by atoms with Gasteiger partial charge in [0.2, 0.25) is 5.75 Å². The Morgan fingerprint density at radius 1 is 0.919 bits per heavy atom. The Labute approximate surface area is 210 Å². The van der Waals surface area contributed by atoms with Crippen molar-refractivity contribution >= 4 is 29.4 Å². The molecule has 0 radical (unpaired) electrons. The quantitative estimate of drug-likeness (QED) is 0.181. The average Bonchev–Trinajstić information content (AvgIpc) is 2.89. The van der Waals surface area contributed by atoms with Crippen molar-refractivity contribution in [2.75, 3.05) is 6.61 Å². The van der Waals surface area contributed by atoms with Crippen LogP contribution in [0.15, 0.2) is 71.8 Å². The summed E-state index contributed by atoms with van der Waals surface area (Å²) in [5.41, 5.74) is 2.37. The first-order chi connectivity index (χ1) is 17.8. The maximum absolute atomic E-state index is 12.0. The van der Waals surface area contributed by atoms with Gasteiger partial charge in [-0.2, -0.15) is 5.10 Å². The van der Waals surface area contributed by atoms with Gasteiger partial charge in [-0.1, -0.05) is 30.3 Å². The summed E-state index contributed by atoms with van der Waals surface area (Å²) in [7, 11) is 0. The Balaban J connectivity index is 1.68. The van der Waals surface area contributed by atoms with E-state index in [9.17, 15) is 29.8 Å². The molecule has 0 aromatic heterocycles. The van der Waals surface area contributed by atoms with E-state index in [-0.39, 0.29) is 30.4 Å². The molecule has 0 bridgehead atoms. The van der Waals surface area contributed by atoms with Crippen LogP contribution in [0.2, 0.25) is 0 Å². The molecule has 0 atom stereocenters. The van der Waals surface area contributed by atoms with Crippen LogP contribution in [0.3, 0.4) is 0 Å². The second kappa shape index (κ2) is 12.4. The Morgan fingerprint density at radius 3 is 2.32 bits per heavy atom. The summed E-state index contributed by atoms with van der Waals surface area (Å²) < 4.78 is 11.2. The van der Waals surface area contributed by atoms with E-state index >= 15 is 0 Å². The lowest BCUT2D eigenvalue weighted by molar-refractivity contribution is -0.394. The number of carbonyl (C=O) groups excluding carboxylic acids is 2. The van der Waals surface area contributed by atoms with E-state index in [1.54, 1.807) is 19.1 Å². The molecule has 3 rings (SSSR count). The average molecular weight is 507 g/mol. The van der Waals surface area contributed by atoms with Crippen molar-refractivity contribution in [3.8, 4) is 17.2 Å². The Morgan fingerprint density at radius 2 is 1.65 bits per heavy atom. The predicted molar refractivity (Wildman–Crippen MR) is 131 cm³/mol. The molecule has 0 saturated heterocycles. The SMILES string of the molecule is CCOc1cc(/C=N/NC(=O)C(=O)NCc2ccccc2)ccc1Oc1ccc([N+](=O)[O-])cc1[N+](=O)[O-]. The van der Waals surface area contributed by atoms with Gasteiger partial charge in [0.25, 0.3) is 5.69 Å². The van der Waals surface area contributed by atoms with Crippen molar-refractivity contribution in [3.63, 3.8) is 0 Å². The number of hydrogen-bond donors (Lipinski definition) is 2. The van der Waals surface area contributed by atoms with Crippen LogP contribution in [0.5, 0.6) is 17.2 Å². The van der Waals surface area contributed by atoms with Gasteiger partial charge in [0.05, 0.1) is 28.7 Å². The van der Waals surface area contributed by atoms with Gasteiger partial charge in [-0.15, -0.1) is 0 Å². The van der Waals surface area contributed by atoms with E-state index in [2.05, 4.69) is 15.8 Å². The van der Waals surface area contributed by atoms with E-state index in [4.69, 9.17) is 9.47 Å². The van der Waals surface area contributed by atoms with Crippen molar-refractivity contribution in [3.05, 3.63) is 98.1 Å². The van der Waals surface area contributed by atoms with E-state index in [0.29, 0.717) is 5.56 Å². The lowest BCUT2D eigenvalue weighted by Gasteiger charge is -2.12. The number of nitrogens with one attached hydrogen (secondary N) is 2. The van der Waals surface area contributed by atoms with Crippen LogP contribution in [-0.4, -0.2) is 34.5 Å². The highest BCUT2D eigenvalue weighted by Gasteiger charge is 2.22. The monoisotopic (exact) mass is 507 g/mol. The summed E-state index contributed by atoms with van der Waals surface area (Å²) >= 11 is 0. The third-order valence-electron chi connectivity index (χ3n) is 4.72. The third kappa shape index (κ3) is 7.32. The van der Waals surface area contributed by atoms with Gasteiger partial charge in [0, 0.05) is 12.6 Å². The molecule has 0 saturated carbocycles. The fourth-order valence-corrected chi connectivity index (χ4v) is 3.00. The number of nitro benzene ring substituents is 2. The van der Waals surface area contributed by atoms with Gasteiger partial charge < -0.3 is 14.8 Å². The number of ether oxygens (including phenoxy) is 2. The maximum Gasteiger partial charge on any atom is 0.329 e. The van der Waals surface area contributed by atoms with Crippen LogP contribution in [-0.2, 0) is 16.1 Å². The molecular formula is C24H21N5O8. The molecule has 3 aromatic carbocycles. The zero-order chi connectivity index (χ0) is 26.8. The van der Waals surface area contributed by atoms with Gasteiger partial charge in [0.1, 0.15) is 0 Å². The summed E-state index contributed by atoms with van der Waals surface area (Å²) in [6.07, 6.45) is 1.27. The van der Waals surface area contributed by atoms with Crippen molar-refractivity contribution in [2.24, 2.45) is 5.10 Å². The number of non-ortho nitro benzene ring substituents is 1. The molecule has 13 heteroatoms. The molecule has 2 N–H and O–H groups in total. The standard InChI is InChI=1S/C24H21N5O8/c1-2-36-22-12-17(15-26-27-24(31)23(30)25-14-16-6-4-3-5-7-16)8-10-21(22)37-20-11-9-18(28(32)33)13-19(20)29(34)35/h3-13,15H,2,14H2,1H3,(H,25,30)(H,27,31)/b26-15+. The largest absolute Gasteiger partial charge is 0.490 e. The second-order valence-electron chi connectivity index (χ2n) is 7.27. The van der Waals surface area contributed by atoms with Gasteiger partial charge in [-0.3, -0.25) is 29.8 Å². The first-order valence-electron chi connectivity index (χ1n) is 10.8. The molecule has 3 aromatic rings. The van der Waals surface area contributed by atoms with Crippen molar-refractivity contribution in [1.29, 1.82) is 0 Å². The van der Waals surface area contributed by atoms with Gasteiger partial charge in [0.15, 0.2) is 11.5 Å². The third-order valence-corrected chi connectivity index (χ3v) is 4.72. The molecule has 37 heavy (non-hydrogen) atoms. The number of nitrogens with zero attached hydrogens (tertiary/aromatic N) is 3. The number of nitro groups is 2. The smallest absolute Gasteiger partial charge is 0.329 e. The lowest BCUT2D eigenvalue weighted by atomic mass is 10.2. The normalized spacial score (nSPS) is 10.5. The van der Waals surface area contributed by atoms with Crippen molar-refractivity contribution in [2.45, 2.75) is 13.5 Å². The molecule has 190 valence electrons. The first kappa shape index (κ1) is 26.3. The van der Waals surface area contributed by atoms with Crippen LogP contribution >= 0.6 is 0 Å². The molecule has 0 fully saturated rings. The summed E-state index contributed by atoms with van der Waals surface area (Å²) in [6, 6.07) is 16.6. The molecule has 0 aliphatic rings. The number of hydrogen-bond acceptors (Lipinski definition) is 9. The van der Waals surface area contributed by atoms with E-state index < -0.39 is 33.0 Å². The molecule has 0 aliphatic carbocycles. The fraction of sp³-hybridized carbons (Fsp3) is 0.125. The number of carbonyl (C=O) groups is 2. The second-order valence-corrected chi connectivity index (χ2v) is 7.27. The molecule has 0 heterocycles. The van der Waals surface area contributed by atoms with Gasteiger partial charge in [-0.25, -0.2) is 5.43 Å². The number of amides is 2.